The van der Waals surface area contributed by atoms with Gasteiger partial charge in [-0.2, -0.15) is 0 Å². The Morgan fingerprint density at radius 1 is 1.21 bits per heavy atom. The second kappa shape index (κ2) is 11.7. The lowest BCUT2D eigenvalue weighted by molar-refractivity contribution is -0.120. The maximum absolute atomic E-state index is 13.3. The van der Waals surface area contributed by atoms with Gasteiger partial charge in [-0.15, -0.1) is 0 Å². The first-order valence-corrected chi connectivity index (χ1v) is 13.4. The molecule has 1 N–H and O–H groups in total. The van der Waals surface area contributed by atoms with Crippen molar-refractivity contribution in [1.29, 1.82) is 0 Å². The van der Waals surface area contributed by atoms with Crippen molar-refractivity contribution in [3.8, 4) is 11.5 Å². The largest absolute Gasteiger partial charge is 0.497 e. The summed E-state index contributed by atoms with van der Waals surface area (Å²) in [5.41, 5.74) is 5.20. The number of rotatable bonds is 10. The lowest BCUT2D eigenvalue weighted by Crippen LogP contribution is -2.45. The topological polar surface area (TPSA) is 96.9 Å². The summed E-state index contributed by atoms with van der Waals surface area (Å²) in [5.74, 6) is 2.32. The summed E-state index contributed by atoms with van der Waals surface area (Å²) in [5, 5.41) is 3.22. The number of ether oxygens (including phenoxy) is 2. The number of nitrogens with zero attached hydrogens (tertiary/aromatic N) is 4. The number of ketones is 1. The van der Waals surface area contributed by atoms with E-state index in [0.717, 1.165) is 84.9 Å². The third kappa shape index (κ3) is 5.67. The Balaban J connectivity index is 1.21. The van der Waals surface area contributed by atoms with Crippen molar-refractivity contribution in [2.45, 2.75) is 38.6 Å². The lowest BCUT2D eigenvalue weighted by atomic mass is 9.99. The molecule has 204 valence electrons. The second-order valence-corrected chi connectivity index (χ2v) is 10.1. The molecule has 39 heavy (non-hydrogen) atoms. The Morgan fingerprint density at radius 2 is 2.03 bits per heavy atom. The van der Waals surface area contributed by atoms with E-state index >= 15 is 0 Å². The highest BCUT2D eigenvalue weighted by molar-refractivity contribution is 6.08. The van der Waals surface area contributed by atoms with E-state index < -0.39 is 0 Å². The van der Waals surface area contributed by atoms with E-state index in [1.54, 1.807) is 13.2 Å². The summed E-state index contributed by atoms with van der Waals surface area (Å²) >= 11 is 0. The number of carbonyl (C=O) groups excluding carboxylic acids is 2. The minimum absolute atomic E-state index is 0.114. The Bertz CT molecular complexity index is 1350. The second-order valence-electron chi connectivity index (χ2n) is 10.1. The van der Waals surface area contributed by atoms with Gasteiger partial charge in [-0.05, 0) is 73.2 Å². The number of anilines is 2. The number of carbonyl (C=O) groups is 2. The summed E-state index contributed by atoms with van der Waals surface area (Å²) in [4.78, 5) is 38.1. The number of aryl methyl sites for hydroxylation is 1. The van der Waals surface area contributed by atoms with Gasteiger partial charge in [0.2, 0.25) is 12.2 Å². The number of piperidine rings is 1. The van der Waals surface area contributed by atoms with Crippen molar-refractivity contribution in [3.63, 3.8) is 0 Å². The maximum Gasteiger partial charge on any atom is 0.211 e. The molecule has 2 aliphatic rings. The zero-order chi connectivity index (χ0) is 27.4. The van der Waals surface area contributed by atoms with Gasteiger partial charge in [0, 0.05) is 56.5 Å². The number of amides is 1. The summed E-state index contributed by atoms with van der Waals surface area (Å²) < 4.78 is 11.1. The van der Waals surface area contributed by atoms with Gasteiger partial charge in [0.05, 0.1) is 13.7 Å². The number of hydrogen-bond donors (Lipinski definition) is 1. The quantitative estimate of drug-likeness (QED) is 0.314. The number of aromatic nitrogens is 2. The van der Waals surface area contributed by atoms with Gasteiger partial charge in [-0.3, -0.25) is 9.59 Å². The minimum Gasteiger partial charge on any atom is -0.497 e. The van der Waals surface area contributed by atoms with Gasteiger partial charge < -0.3 is 24.6 Å². The Hall–Kier alpha value is -4.14. The fourth-order valence-corrected chi connectivity index (χ4v) is 5.57. The summed E-state index contributed by atoms with van der Waals surface area (Å²) in [6.07, 6.45) is 5.63. The van der Waals surface area contributed by atoms with Gasteiger partial charge in [0.25, 0.3) is 0 Å². The van der Waals surface area contributed by atoms with Crippen LogP contribution in [0.25, 0.3) is 0 Å². The predicted molar refractivity (Wildman–Crippen MR) is 150 cm³/mol. The highest BCUT2D eigenvalue weighted by Gasteiger charge is 2.26. The zero-order valence-electron chi connectivity index (χ0n) is 22.8. The predicted octanol–water partition coefficient (Wildman–Crippen LogP) is 3.67. The average molecular weight is 530 g/mol. The fraction of sp³-hybridized carbons (Fsp3) is 0.400. The van der Waals surface area contributed by atoms with E-state index in [4.69, 9.17) is 9.47 Å². The van der Waals surface area contributed by atoms with Gasteiger partial charge in [-0.25, -0.2) is 9.97 Å². The maximum atomic E-state index is 13.3. The van der Waals surface area contributed by atoms with E-state index in [0.29, 0.717) is 24.4 Å². The van der Waals surface area contributed by atoms with Crippen molar-refractivity contribution < 1.29 is 19.1 Å². The highest BCUT2D eigenvalue weighted by Crippen LogP contribution is 2.31. The molecule has 0 radical (unpaired) electrons. The number of methoxy groups -OCH3 is 1. The van der Waals surface area contributed by atoms with E-state index in [9.17, 15) is 9.59 Å². The number of nitrogens with one attached hydrogen (secondary N) is 1. The van der Waals surface area contributed by atoms with Gasteiger partial charge in [0.1, 0.15) is 29.3 Å². The Kier molecular flexibility index (Phi) is 7.95. The molecule has 3 aromatic rings. The molecule has 1 fully saturated rings. The van der Waals surface area contributed by atoms with Crippen LogP contribution in [0.1, 0.15) is 45.6 Å². The van der Waals surface area contributed by atoms with Crippen LogP contribution in [-0.2, 0) is 17.6 Å². The van der Waals surface area contributed by atoms with E-state index in [-0.39, 0.29) is 11.8 Å². The SMILES string of the molecule is CNc1ccc(OC)cc1CCN(C=O)C1CCN(c2cc(C(=O)c3cc(C)c4c(c3)CCO4)ncn2)CC1. The van der Waals surface area contributed by atoms with Gasteiger partial charge >= 0.3 is 0 Å². The smallest absolute Gasteiger partial charge is 0.211 e. The molecule has 5 rings (SSSR count). The van der Waals surface area contributed by atoms with Crippen LogP contribution in [0.5, 0.6) is 11.5 Å². The van der Waals surface area contributed by atoms with Crippen LogP contribution < -0.4 is 19.7 Å². The molecule has 0 bridgehead atoms. The van der Waals surface area contributed by atoms with Crippen LogP contribution in [0.2, 0.25) is 0 Å². The summed E-state index contributed by atoms with van der Waals surface area (Å²) in [6.45, 7) is 4.75. The van der Waals surface area contributed by atoms with Gasteiger partial charge in [0.15, 0.2) is 0 Å². The third-order valence-corrected chi connectivity index (χ3v) is 7.73. The monoisotopic (exact) mass is 529 g/mol. The van der Waals surface area contributed by atoms with Crippen LogP contribution in [0, 0.1) is 6.92 Å². The van der Waals surface area contributed by atoms with Crippen molar-refractivity contribution in [2.24, 2.45) is 0 Å². The van der Waals surface area contributed by atoms with Crippen LogP contribution >= 0.6 is 0 Å². The molecule has 0 saturated carbocycles. The van der Waals surface area contributed by atoms with E-state index in [1.807, 2.05) is 49.2 Å². The molecule has 3 heterocycles. The third-order valence-electron chi connectivity index (χ3n) is 7.73. The molecule has 2 aliphatic heterocycles. The van der Waals surface area contributed by atoms with Crippen molar-refractivity contribution in [3.05, 3.63) is 70.7 Å². The summed E-state index contributed by atoms with van der Waals surface area (Å²) in [6, 6.07) is 11.7. The van der Waals surface area contributed by atoms with Crippen molar-refractivity contribution >= 4 is 23.7 Å². The van der Waals surface area contributed by atoms with Crippen LogP contribution in [0.4, 0.5) is 11.5 Å². The number of hydrogen-bond acceptors (Lipinski definition) is 8. The first-order chi connectivity index (χ1) is 19.0. The number of fused-ring (bicyclic) bond motifs is 1. The molecule has 0 unspecified atom stereocenters. The van der Waals surface area contributed by atoms with Crippen LogP contribution in [0.3, 0.4) is 0 Å². The molecule has 9 heteroatoms. The van der Waals surface area contributed by atoms with Gasteiger partial charge in [-0.1, -0.05) is 0 Å². The standard InChI is InChI=1S/C30H35N5O4/c1-20-14-23(15-22-9-13-39-30(20)22)29(37)27-17-28(33-18-32-27)34-11-7-24(8-12-34)35(19-36)10-6-21-16-25(38-3)4-5-26(21)31-2/h4-5,14-19,24,31H,6-13H2,1-3H3. The molecule has 0 aliphatic carbocycles. The molecule has 0 atom stereocenters. The molecule has 9 nitrogen and oxygen atoms in total. The molecular formula is C30H35N5O4. The lowest BCUT2D eigenvalue weighted by Gasteiger charge is -2.37. The molecule has 2 aromatic carbocycles. The first kappa shape index (κ1) is 26.5. The summed E-state index contributed by atoms with van der Waals surface area (Å²) in [7, 11) is 3.55. The highest BCUT2D eigenvalue weighted by atomic mass is 16.5. The number of benzene rings is 2. The Morgan fingerprint density at radius 3 is 2.77 bits per heavy atom. The van der Waals surface area contributed by atoms with Crippen LogP contribution in [0.15, 0.2) is 42.7 Å². The normalized spacial score (nSPS) is 14.9. The van der Waals surface area contributed by atoms with E-state index in [2.05, 4.69) is 20.2 Å². The van der Waals surface area contributed by atoms with Crippen molar-refractivity contribution in [2.75, 3.05) is 50.6 Å². The van der Waals surface area contributed by atoms with E-state index in [1.165, 1.54) is 6.33 Å². The molecule has 1 aromatic heterocycles. The first-order valence-electron chi connectivity index (χ1n) is 13.4. The molecule has 1 saturated heterocycles. The minimum atomic E-state index is -0.114. The zero-order valence-corrected chi connectivity index (χ0v) is 22.8. The molecule has 1 amide bonds. The Labute approximate surface area is 229 Å². The molecule has 0 spiro atoms. The average Bonchev–Trinajstić information content (AvgIpc) is 3.47. The molecular weight excluding hydrogens is 494 g/mol. The van der Waals surface area contributed by atoms with Crippen molar-refractivity contribution in [1.82, 2.24) is 14.9 Å². The fourth-order valence-electron chi connectivity index (χ4n) is 5.57. The van der Waals surface area contributed by atoms with Crippen LogP contribution in [-0.4, -0.2) is 73.5 Å².